The Kier molecular flexibility index (Phi) is 4.10. The molecule has 0 amide bonds. The van der Waals surface area contributed by atoms with Gasteiger partial charge in [-0.25, -0.2) is 4.57 Å². The molecule has 26 heavy (non-hydrogen) atoms. The number of aryl methyl sites for hydroxylation is 1. The highest BCUT2D eigenvalue weighted by atomic mass is 15.1. The molecule has 0 atom stereocenters. The Morgan fingerprint density at radius 1 is 1.00 bits per heavy atom. The average Bonchev–Trinajstić information content (AvgIpc) is 2.64. The third-order valence-electron chi connectivity index (χ3n) is 5.77. The van der Waals surface area contributed by atoms with E-state index in [1.807, 2.05) is 0 Å². The molecule has 4 rings (SSSR count). The summed E-state index contributed by atoms with van der Waals surface area (Å²) in [6.45, 7) is 7.00. The lowest BCUT2D eigenvalue weighted by atomic mass is 9.48. The third-order valence-corrected chi connectivity index (χ3v) is 5.77. The van der Waals surface area contributed by atoms with Gasteiger partial charge in [-0.2, -0.15) is 0 Å². The molecule has 0 unspecified atom stereocenters. The van der Waals surface area contributed by atoms with E-state index in [0.29, 0.717) is 5.92 Å². The quantitative estimate of drug-likeness (QED) is 0.513. The van der Waals surface area contributed by atoms with Gasteiger partial charge in [-0.05, 0) is 54.3 Å². The van der Waals surface area contributed by atoms with Gasteiger partial charge in [0.15, 0.2) is 5.59 Å². The van der Waals surface area contributed by atoms with Gasteiger partial charge in [-0.15, -0.1) is 0 Å². The highest BCUT2D eigenvalue weighted by Gasteiger charge is 2.38. The van der Waals surface area contributed by atoms with Crippen molar-refractivity contribution < 1.29 is 4.57 Å². The number of aromatic nitrogens is 1. The van der Waals surface area contributed by atoms with Crippen LogP contribution in [0, 0.1) is 0 Å². The Balaban J connectivity index is 2.03. The van der Waals surface area contributed by atoms with Crippen LogP contribution in [0.3, 0.4) is 0 Å². The maximum absolute atomic E-state index is 2.42. The van der Waals surface area contributed by atoms with Crippen LogP contribution in [-0.2, 0) is 7.05 Å². The molecular weight excluding hydrogens is 315 g/mol. The second-order valence-electron chi connectivity index (χ2n) is 7.68. The maximum Gasteiger partial charge on any atom is 0.404 e. The van der Waals surface area contributed by atoms with Gasteiger partial charge >= 0.3 is 6.85 Å². The Hall–Kier alpha value is -2.55. The van der Waals surface area contributed by atoms with Crippen molar-refractivity contribution in [2.75, 3.05) is 7.05 Å². The minimum Gasteiger partial charge on any atom is -0.408 e. The molecule has 1 aliphatic rings. The lowest BCUT2D eigenvalue weighted by Crippen LogP contribution is -2.66. The molecule has 0 bridgehead atoms. The number of fused-ring (bicyclic) bond motifs is 2. The largest absolute Gasteiger partial charge is 0.408 e. The van der Waals surface area contributed by atoms with Crippen LogP contribution in [0.1, 0.15) is 37.8 Å². The third kappa shape index (κ3) is 2.54. The molecule has 3 heteroatoms. The van der Waals surface area contributed by atoms with Gasteiger partial charge in [0.05, 0.1) is 0 Å². The molecule has 2 heterocycles. The first kappa shape index (κ1) is 16.9. The van der Waals surface area contributed by atoms with E-state index in [0.717, 1.165) is 0 Å². The maximum atomic E-state index is 2.42. The van der Waals surface area contributed by atoms with Crippen LogP contribution in [0.2, 0.25) is 0 Å². The Bertz CT molecular complexity index is 1020. The number of pyridine rings is 1. The van der Waals surface area contributed by atoms with E-state index in [-0.39, 0.29) is 6.85 Å². The molecule has 0 fully saturated rings. The van der Waals surface area contributed by atoms with Crippen LogP contribution >= 0.6 is 0 Å². The summed E-state index contributed by atoms with van der Waals surface area (Å²) in [5, 5.41) is 1.35. The predicted octanol–water partition coefficient (Wildman–Crippen LogP) is 3.20. The minimum atomic E-state index is 0.225. The molecule has 130 valence electrons. The number of para-hydroxylation sites is 1. The van der Waals surface area contributed by atoms with Crippen LogP contribution in [0.5, 0.6) is 0 Å². The van der Waals surface area contributed by atoms with Gasteiger partial charge < -0.3 is 4.81 Å². The number of hydrogen-bond donors (Lipinski definition) is 0. The number of allylic oxidation sites excluding steroid dienone is 1. The Morgan fingerprint density at radius 2 is 1.69 bits per heavy atom. The highest BCUT2D eigenvalue weighted by molar-refractivity contribution is 6.83. The zero-order valence-electron chi connectivity index (χ0n) is 16.3. The monoisotopic (exact) mass is 341 g/mol. The fourth-order valence-corrected chi connectivity index (χ4v) is 4.21. The first-order valence-electron chi connectivity index (χ1n) is 9.40. The SMILES string of the molecule is CC1=Cc2ccccc2B(c2cc(C(C)C)c3ccccc3[n+]2C)N1C. The van der Waals surface area contributed by atoms with Crippen LogP contribution in [0.25, 0.3) is 17.0 Å². The first-order valence-corrected chi connectivity index (χ1v) is 9.40. The van der Waals surface area contributed by atoms with Crippen LogP contribution in [0.4, 0.5) is 0 Å². The molecule has 0 N–H and O–H groups in total. The molecule has 0 saturated carbocycles. The molecule has 0 aliphatic carbocycles. The zero-order chi connectivity index (χ0) is 18.4. The fraction of sp³-hybridized carbons (Fsp3) is 0.261. The molecule has 3 aromatic rings. The highest BCUT2D eigenvalue weighted by Crippen LogP contribution is 2.23. The van der Waals surface area contributed by atoms with E-state index in [4.69, 9.17) is 0 Å². The number of rotatable bonds is 2. The fourth-order valence-electron chi connectivity index (χ4n) is 4.21. The lowest BCUT2D eigenvalue weighted by Gasteiger charge is -2.32. The van der Waals surface area contributed by atoms with Crippen LogP contribution in [-0.4, -0.2) is 18.7 Å². The average molecular weight is 341 g/mol. The molecule has 2 nitrogen and oxygen atoms in total. The van der Waals surface area contributed by atoms with E-state index in [9.17, 15) is 0 Å². The Labute approximate surface area is 156 Å². The summed E-state index contributed by atoms with van der Waals surface area (Å²) in [6.07, 6.45) is 2.29. The summed E-state index contributed by atoms with van der Waals surface area (Å²) >= 11 is 0. The summed E-state index contributed by atoms with van der Waals surface area (Å²) in [7, 11) is 4.41. The lowest BCUT2D eigenvalue weighted by molar-refractivity contribution is -0.627. The summed E-state index contributed by atoms with van der Waals surface area (Å²) in [5.74, 6) is 0.487. The van der Waals surface area contributed by atoms with Crippen molar-refractivity contribution in [3.05, 3.63) is 71.4 Å². The van der Waals surface area contributed by atoms with Crippen molar-refractivity contribution >= 4 is 34.9 Å². The van der Waals surface area contributed by atoms with Gasteiger partial charge in [0.25, 0.3) is 0 Å². The minimum absolute atomic E-state index is 0.225. The normalized spacial score (nSPS) is 14.0. The van der Waals surface area contributed by atoms with E-state index in [1.165, 1.54) is 38.8 Å². The van der Waals surface area contributed by atoms with E-state index < -0.39 is 0 Å². The Morgan fingerprint density at radius 3 is 2.46 bits per heavy atom. The number of hydrogen-bond acceptors (Lipinski definition) is 1. The summed E-state index contributed by atoms with van der Waals surface area (Å²) in [6, 6.07) is 20.0. The molecule has 1 aromatic heterocycles. The van der Waals surface area contributed by atoms with E-state index >= 15 is 0 Å². The second-order valence-corrected chi connectivity index (χ2v) is 7.68. The van der Waals surface area contributed by atoms with Gasteiger partial charge in [0, 0.05) is 17.5 Å². The van der Waals surface area contributed by atoms with Crippen molar-refractivity contribution in [1.29, 1.82) is 0 Å². The summed E-state index contributed by atoms with van der Waals surface area (Å²) < 4.78 is 2.37. The molecule has 0 saturated heterocycles. The molecule has 0 radical (unpaired) electrons. The van der Waals surface area contributed by atoms with E-state index in [1.54, 1.807) is 0 Å². The second kappa shape index (κ2) is 6.32. The van der Waals surface area contributed by atoms with Crippen molar-refractivity contribution in [3.8, 4) is 0 Å². The smallest absolute Gasteiger partial charge is 0.404 e. The number of benzene rings is 2. The van der Waals surface area contributed by atoms with Crippen molar-refractivity contribution in [1.82, 2.24) is 4.81 Å². The topological polar surface area (TPSA) is 7.12 Å². The summed E-state index contributed by atoms with van der Waals surface area (Å²) in [5.41, 5.74) is 8.06. The van der Waals surface area contributed by atoms with Crippen molar-refractivity contribution in [2.24, 2.45) is 7.05 Å². The standard InChI is InChI=1S/C23H26BN2/c1-16(2)20-15-23(25(4)22-13-9-7-11-19(20)22)24-21-12-8-6-10-18(21)14-17(3)26(24)5/h6-16H,1-5H3/q+1. The van der Waals surface area contributed by atoms with Crippen molar-refractivity contribution in [2.45, 2.75) is 26.7 Å². The van der Waals surface area contributed by atoms with Gasteiger partial charge in [-0.3, -0.25) is 0 Å². The molecule has 0 spiro atoms. The molecular formula is C23H26BN2+. The first-order chi connectivity index (χ1) is 12.5. The van der Waals surface area contributed by atoms with Gasteiger partial charge in [0.1, 0.15) is 7.05 Å². The van der Waals surface area contributed by atoms with Gasteiger partial charge in [-0.1, -0.05) is 50.2 Å². The summed E-state index contributed by atoms with van der Waals surface area (Å²) in [4.78, 5) is 2.40. The predicted molar refractivity (Wildman–Crippen MR) is 112 cm³/mol. The number of nitrogens with zero attached hydrogens (tertiary/aromatic N) is 2. The van der Waals surface area contributed by atoms with Crippen LogP contribution in [0.15, 0.2) is 60.3 Å². The zero-order valence-corrected chi connectivity index (χ0v) is 16.3. The van der Waals surface area contributed by atoms with Crippen LogP contribution < -0.4 is 15.6 Å². The van der Waals surface area contributed by atoms with E-state index in [2.05, 4.69) is 105 Å². The molecule has 1 aliphatic heterocycles. The molecule has 2 aromatic carbocycles. The van der Waals surface area contributed by atoms with Gasteiger partial charge in [0.2, 0.25) is 5.52 Å². The van der Waals surface area contributed by atoms with Crippen molar-refractivity contribution in [3.63, 3.8) is 0 Å².